The Hall–Kier alpha value is -0.840. The minimum absolute atomic E-state index is 0.465. The molecule has 0 saturated carbocycles. The van der Waals surface area contributed by atoms with Gasteiger partial charge in [0.05, 0.1) is 6.10 Å². The second-order valence-corrected chi connectivity index (χ2v) is 6.53. The monoisotopic (exact) mass is 337 g/mol. The van der Waals surface area contributed by atoms with Crippen LogP contribution in [0.2, 0.25) is 0 Å². The SMILES string of the molecule is Cc1cc(C)nc(Sc2ccc([C@@H](C)O)c(Br)c2)c1. The molecular formula is C15H16BrNOS. The van der Waals surface area contributed by atoms with Crippen molar-refractivity contribution < 1.29 is 5.11 Å². The Morgan fingerprint density at radius 1 is 1.21 bits per heavy atom. The molecule has 0 spiro atoms. The predicted octanol–water partition coefficient (Wildman–Crippen LogP) is 4.67. The highest BCUT2D eigenvalue weighted by Gasteiger charge is 2.08. The van der Waals surface area contributed by atoms with Crippen LogP contribution in [0, 0.1) is 13.8 Å². The van der Waals surface area contributed by atoms with Gasteiger partial charge in [-0.15, -0.1) is 0 Å². The number of aromatic nitrogens is 1. The average Bonchev–Trinajstić information content (AvgIpc) is 2.26. The number of pyridine rings is 1. The maximum Gasteiger partial charge on any atom is 0.101 e. The molecule has 100 valence electrons. The number of rotatable bonds is 3. The third-order valence-corrected chi connectivity index (χ3v) is 4.31. The van der Waals surface area contributed by atoms with E-state index in [4.69, 9.17) is 0 Å². The summed E-state index contributed by atoms with van der Waals surface area (Å²) in [4.78, 5) is 5.62. The highest BCUT2D eigenvalue weighted by Crippen LogP contribution is 2.32. The second kappa shape index (κ2) is 6.07. The lowest BCUT2D eigenvalue weighted by Crippen LogP contribution is -1.92. The molecule has 0 unspecified atom stereocenters. The van der Waals surface area contributed by atoms with E-state index in [-0.39, 0.29) is 0 Å². The molecule has 2 aromatic rings. The van der Waals surface area contributed by atoms with Crippen molar-refractivity contribution in [3.63, 3.8) is 0 Å². The average molecular weight is 338 g/mol. The van der Waals surface area contributed by atoms with Crippen molar-refractivity contribution in [2.75, 3.05) is 0 Å². The van der Waals surface area contributed by atoms with Gasteiger partial charge in [-0.05, 0) is 56.2 Å². The summed E-state index contributed by atoms with van der Waals surface area (Å²) >= 11 is 5.12. The van der Waals surface area contributed by atoms with Gasteiger partial charge in [-0.25, -0.2) is 4.98 Å². The lowest BCUT2D eigenvalue weighted by Gasteiger charge is -2.09. The topological polar surface area (TPSA) is 33.1 Å². The van der Waals surface area contributed by atoms with Gasteiger partial charge in [0.1, 0.15) is 5.03 Å². The lowest BCUT2D eigenvalue weighted by atomic mass is 10.1. The van der Waals surface area contributed by atoms with Crippen LogP contribution in [0.1, 0.15) is 29.8 Å². The zero-order valence-electron chi connectivity index (χ0n) is 11.1. The van der Waals surface area contributed by atoms with Crippen LogP contribution in [0.15, 0.2) is 44.7 Å². The molecule has 0 saturated heterocycles. The minimum atomic E-state index is -0.465. The first-order valence-electron chi connectivity index (χ1n) is 6.06. The van der Waals surface area contributed by atoms with Crippen molar-refractivity contribution in [2.45, 2.75) is 36.8 Å². The third kappa shape index (κ3) is 3.81. The van der Waals surface area contributed by atoms with Crippen molar-refractivity contribution in [1.29, 1.82) is 0 Å². The van der Waals surface area contributed by atoms with E-state index in [1.165, 1.54) is 5.56 Å². The Bertz CT molecular complexity index is 578. The molecular weight excluding hydrogens is 322 g/mol. The highest BCUT2D eigenvalue weighted by molar-refractivity contribution is 9.10. The van der Waals surface area contributed by atoms with Crippen LogP contribution in [-0.4, -0.2) is 10.1 Å². The molecule has 0 radical (unpaired) electrons. The summed E-state index contributed by atoms with van der Waals surface area (Å²) in [6.07, 6.45) is -0.465. The molecule has 1 aromatic carbocycles. The smallest absolute Gasteiger partial charge is 0.101 e. The Morgan fingerprint density at radius 2 is 1.95 bits per heavy atom. The van der Waals surface area contributed by atoms with E-state index in [0.29, 0.717) is 0 Å². The van der Waals surface area contributed by atoms with E-state index < -0.39 is 6.10 Å². The van der Waals surface area contributed by atoms with Crippen molar-refractivity contribution >= 4 is 27.7 Å². The van der Waals surface area contributed by atoms with Gasteiger partial charge >= 0.3 is 0 Å². The first-order chi connectivity index (χ1) is 8.95. The highest BCUT2D eigenvalue weighted by atomic mass is 79.9. The molecule has 0 fully saturated rings. The Kier molecular flexibility index (Phi) is 4.66. The number of halogens is 1. The van der Waals surface area contributed by atoms with Gasteiger partial charge in [0.25, 0.3) is 0 Å². The Balaban J connectivity index is 2.26. The largest absolute Gasteiger partial charge is 0.389 e. The zero-order valence-corrected chi connectivity index (χ0v) is 13.5. The first-order valence-corrected chi connectivity index (χ1v) is 7.67. The maximum absolute atomic E-state index is 9.61. The predicted molar refractivity (Wildman–Crippen MR) is 82.6 cm³/mol. The summed E-state index contributed by atoms with van der Waals surface area (Å²) < 4.78 is 0.928. The van der Waals surface area contributed by atoms with E-state index in [0.717, 1.165) is 25.7 Å². The van der Waals surface area contributed by atoms with Gasteiger partial charge in [0.2, 0.25) is 0 Å². The number of aliphatic hydroxyl groups is 1. The van der Waals surface area contributed by atoms with Crippen molar-refractivity contribution in [2.24, 2.45) is 0 Å². The Morgan fingerprint density at radius 3 is 2.53 bits per heavy atom. The summed E-state index contributed by atoms with van der Waals surface area (Å²) in [6, 6.07) is 10.1. The molecule has 0 bridgehead atoms. The number of hydrogen-bond donors (Lipinski definition) is 1. The molecule has 19 heavy (non-hydrogen) atoms. The molecule has 1 N–H and O–H groups in total. The van der Waals surface area contributed by atoms with E-state index in [1.54, 1.807) is 18.7 Å². The van der Waals surface area contributed by atoms with Gasteiger partial charge in [-0.1, -0.05) is 33.8 Å². The third-order valence-electron chi connectivity index (χ3n) is 2.72. The fraction of sp³-hybridized carbons (Fsp3) is 0.267. The van der Waals surface area contributed by atoms with Crippen LogP contribution in [0.5, 0.6) is 0 Å². The maximum atomic E-state index is 9.61. The summed E-state index contributed by atoms with van der Waals surface area (Å²) in [7, 11) is 0. The van der Waals surface area contributed by atoms with E-state index in [1.807, 2.05) is 25.1 Å². The van der Waals surface area contributed by atoms with Crippen LogP contribution in [0.4, 0.5) is 0 Å². The second-order valence-electron chi connectivity index (χ2n) is 4.59. The molecule has 0 aliphatic heterocycles. The van der Waals surface area contributed by atoms with Crippen LogP contribution in [0.25, 0.3) is 0 Å². The molecule has 2 rings (SSSR count). The van der Waals surface area contributed by atoms with Gasteiger partial charge in [0.15, 0.2) is 0 Å². The van der Waals surface area contributed by atoms with Crippen LogP contribution >= 0.6 is 27.7 Å². The molecule has 2 nitrogen and oxygen atoms in total. The zero-order chi connectivity index (χ0) is 14.0. The molecule has 0 amide bonds. The number of nitrogens with zero attached hydrogens (tertiary/aromatic N) is 1. The van der Waals surface area contributed by atoms with Gasteiger partial charge in [-0.3, -0.25) is 0 Å². The lowest BCUT2D eigenvalue weighted by molar-refractivity contribution is 0.198. The van der Waals surface area contributed by atoms with E-state index in [9.17, 15) is 5.11 Å². The minimum Gasteiger partial charge on any atom is -0.389 e. The number of hydrogen-bond acceptors (Lipinski definition) is 3. The van der Waals surface area contributed by atoms with Gasteiger partial charge < -0.3 is 5.11 Å². The fourth-order valence-corrected chi connectivity index (χ4v) is 3.74. The van der Waals surface area contributed by atoms with Crippen LogP contribution in [-0.2, 0) is 0 Å². The van der Waals surface area contributed by atoms with E-state index in [2.05, 4.69) is 40.0 Å². The molecule has 0 aliphatic carbocycles. The molecule has 1 aromatic heterocycles. The van der Waals surface area contributed by atoms with Crippen molar-refractivity contribution in [1.82, 2.24) is 4.98 Å². The molecule has 1 atom stereocenters. The van der Waals surface area contributed by atoms with Gasteiger partial charge in [0, 0.05) is 15.1 Å². The molecule has 0 aliphatic rings. The Labute approximate surface area is 126 Å². The summed E-state index contributed by atoms with van der Waals surface area (Å²) in [5, 5.41) is 10.6. The number of aryl methyl sites for hydroxylation is 2. The normalized spacial score (nSPS) is 12.5. The van der Waals surface area contributed by atoms with Crippen molar-refractivity contribution in [3.8, 4) is 0 Å². The van der Waals surface area contributed by atoms with E-state index >= 15 is 0 Å². The number of benzene rings is 1. The summed E-state index contributed by atoms with van der Waals surface area (Å²) in [6.45, 7) is 5.84. The van der Waals surface area contributed by atoms with Crippen LogP contribution < -0.4 is 0 Å². The quantitative estimate of drug-likeness (QED) is 0.883. The summed E-state index contributed by atoms with van der Waals surface area (Å²) in [5.74, 6) is 0. The fourth-order valence-electron chi connectivity index (χ4n) is 1.89. The van der Waals surface area contributed by atoms with Gasteiger partial charge in [-0.2, -0.15) is 0 Å². The number of aliphatic hydroxyl groups excluding tert-OH is 1. The van der Waals surface area contributed by atoms with Crippen LogP contribution in [0.3, 0.4) is 0 Å². The first kappa shape index (κ1) is 14.6. The molecule has 1 heterocycles. The molecule has 4 heteroatoms. The standard InChI is InChI=1S/C15H16BrNOS/c1-9-6-10(2)17-15(7-9)19-12-4-5-13(11(3)18)14(16)8-12/h4-8,11,18H,1-3H3/t11-/m1/s1. The van der Waals surface area contributed by atoms with Crippen molar-refractivity contribution in [3.05, 3.63) is 51.6 Å². The summed E-state index contributed by atoms with van der Waals surface area (Å²) in [5.41, 5.74) is 3.15.